The second kappa shape index (κ2) is 13.2. The number of amides is 3. The van der Waals surface area contributed by atoms with Gasteiger partial charge in [-0.25, -0.2) is 0 Å². The molecule has 9 heteroatoms. The largest absolute Gasteiger partial charge is 0.321 e. The molecule has 2 N–H and O–H groups in total. The van der Waals surface area contributed by atoms with Crippen LogP contribution < -0.4 is 15.5 Å². The molecule has 0 fully saturated rings. The molecule has 0 saturated heterocycles. The highest BCUT2D eigenvalue weighted by Gasteiger charge is 2.27. The Kier molecular flexibility index (Phi) is 8.74. The molecule has 0 bridgehead atoms. The number of benzene rings is 4. The average Bonchev–Trinajstić information content (AvgIpc) is 3.56. The summed E-state index contributed by atoms with van der Waals surface area (Å²) in [4.78, 5) is 45.3. The van der Waals surface area contributed by atoms with E-state index in [0.29, 0.717) is 11.3 Å². The molecule has 1 aliphatic heterocycles. The lowest BCUT2D eigenvalue weighted by molar-refractivity contribution is -0.115. The fourth-order valence-electron chi connectivity index (χ4n) is 4.50. The number of rotatable bonds is 8. The van der Waals surface area contributed by atoms with E-state index in [1.807, 2.05) is 90.3 Å². The van der Waals surface area contributed by atoms with Gasteiger partial charge < -0.3 is 10.6 Å². The van der Waals surface area contributed by atoms with Gasteiger partial charge >= 0.3 is 0 Å². The van der Waals surface area contributed by atoms with Crippen molar-refractivity contribution < 1.29 is 14.4 Å². The van der Waals surface area contributed by atoms with Gasteiger partial charge in [-0.15, -0.1) is 23.1 Å². The first kappa shape index (κ1) is 28.5. The van der Waals surface area contributed by atoms with E-state index in [2.05, 4.69) is 10.6 Å². The van der Waals surface area contributed by atoms with Crippen LogP contribution >= 0.6 is 34.9 Å². The Balaban J connectivity index is 1.16. The van der Waals surface area contributed by atoms with E-state index in [9.17, 15) is 14.4 Å². The number of anilines is 3. The first-order chi connectivity index (χ1) is 21.0. The number of carbonyl (C=O) groups excluding carboxylic acids is 3. The maximum atomic E-state index is 13.6. The van der Waals surface area contributed by atoms with Crippen molar-refractivity contribution in [2.24, 2.45) is 0 Å². The second-order valence-corrected chi connectivity index (χ2v) is 12.5. The zero-order chi connectivity index (χ0) is 29.6. The standard InChI is InChI=1S/C34H25N3O3S3/c38-32(37-28-15-4-6-17-30(28)43-31-18-7-5-16-29(31)37)22-42-25-13-8-12-24(20-25)35-34(40)27(21-26-14-9-19-41-26)36-33(39)23-10-2-1-3-11-23/h1-21H,22H2,(H,35,40)(H,36,39)/b27-21+. The summed E-state index contributed by atoms with van der Waals surface area (Å²) in [6.45, 7) is 0. The third kappa shape index (κ3) is 6.75. The van der Waals surface area contributed by atoms with Gasteiger partial charge in [0.1, 0.15) is 5.70 Å². The molecule has 212 valence electrons. The van der Waals surface area contributed by atoms with Crippen LogP contribution in [0.5, 0.6) is 0 Å². The lowest BCUT2D eigenvalue weighted by Crippen LogP contribution is -2.30. The average molecular weight is 620 g/mol. The summed E-state index contributed by atoms with van der Waals surface area (Å²) in [6, 6.07) is 35.7. The number of fused-ring (bicyclic) bond motifs is 2. The third-order valence-electron chi connectivity index (χ3n) is 6.49. The highest BCUT2D eigenvalue weighted by molar-refractivity contribution is 8.00. The van der Waals surface area contributed by atoms with Crippen molar-refractivity contribution in [2.75, 3.05) is 16.0 Å². The van der Waals surface area contributed by atoms with Gasteiger partial charge in [0.05, 0.1) is 17.1 Å². The van der Waals surface area contributed by atoms with E-state index in [4.69, 9.17) is 0 Å². The van der Waals surface area contributed by atoms with Crippen molar-refractivity contribution in [1.82, 2.24) is 5.32 Å². The molecule has 4 aromatic carbocycles. The first-order valence-corrected chi connectivity index (χ1v) is 16.1. The molecule has 1 aromatic heterocycles. The van der Waals surface area contributed by atoms with Crippen LogP contribution in [0.15, 0.2) is 141 Å². The van der Waals surface area contributed by atoms with Crippen LogP contribution in [0.4, 0.5) is 17.1 Å². The molecule has 6 nitrogen and oxygen atoms in total. The van der Waals surface area contributed by atoms with Gasteiger partial charge in [-0.2, -0.15) is 0 Å². The Morgan fingerprint density at radius 2 is 1.47 bits per heavy atom. The summed E-state index contributed by atoms with van der Waals surface area (Å²) >= 11 is 4.53. The maximum Gasteiger partial charge on any atom is 0.272 e. The van der Waals surface area contributed by atoms with Crippen LogP contribution in [0, 0.1) is 0 Å². The lowest BCUT2D eigenvalue weighted by Gasteiger charge is -2.31. The van der Waals surface area contributed by atoms with Crippen molar-refractivity contribution >= 4 is 75.7 Å². The monoisotopic (exact) mass is 619 g/mol. The van der Waals surface area contributed by atoms with Gasteiger partial charge in [-0.05, 0) is 72.1 Å². The van der Waals surface area contributed by atoms with Crippen molar-refractivity contribution in [3.63, 3.8) is 0 Å². The molecule has 0 saturated carbocycles. The van der Waals surface area contributed by atoms with E-state index in [1.165, 1.54) is 23.1 Å². The molecule has 6 rings (SSSR count). The van der Waals surface area contributed by atoms with E-state index < -0.39 is 5.91 Å². The van der Waals surface area contributed by atoms with Crippen LogP contribution in [0.2, 0.25) is 0 Å². The van der Waals surface area contributed by atoms with Crippen molar-refractivity contribution in [3.8, 4) is 0 Å². The molecule has 1 aliphatic rings. The minimum Gasteiger partial charge on any atom is -0.321 e. The Morgan fingerprint density at radius 1 is 0.767 bits per heavy atom. The topological polar surface area (TPSA) is 78.5 Å². The first-order valence-electron chi connectivity index (χ1n) is 13.4. The van der Waals surface area contributed by atoms with E-state index in [0.717, 1.165) is 30.9 Å². The minimum absolute atomic E-state index is 0.0376. The predicted molar refractivity (Wildman–Crippen MR) is 176 cm³/mol. The molecule has 3 amide bonds. The maximum absolute atomic E-state index is 13.6. The highest BCUT2D eigenvalue weighted by atomic mass is 32.2. The molecule has 0 atom stereocenters. The summed E-state index contributed by atoms with van der Waals surface area (Å²) in [6.07, 6.45) is 1.66. The smallest absolute Gasteiger partial charge is 0.272 e. The normalized spacial score (nSPS) is 12.2. The molecule has 2 heterocycles. The number of nitrogens with one attached hydrogen (secondary N) is 2. The van der Waals surface area contributed by atoms with Crippen LogP contribution in [0.3, 0.4) is 0 Å². The Morgan fingerprint density at radius 3 is 2.16 bits per heavy atom. The van der Waals surface area contributed by atoms with E-state index >= 15 is 0 Å². The Labute approximate surface area is 261 Å². The molecular formula is C34H25N3O3S3. The van der Waals surface area contributed by atoms with Gasteiger partial charge in [0, 0.05) is 30.8 Å². The summed E-state index contributed by atoms with van der Waals surface area (Å²) in [5.74, 6) is -0.651. The van der Waals surface area contributed by atoms with Gasteiger partial charge in [-0.3, -0.25) is 19.3 Å². The van der Waals surface area contributed by atoms with E-state index in [-0.39, 0.29) is 23.3 Å². The number of para-hydroxylation sites is 2. The Hall–Kier alpha value is -4.57. The number of carbonyl (C=O) groups is 3. The molecule has 0 spiro atoms. The fourth-order valence-corrected chi connectivity index (χ4v) is 7.02. The SMILES string of the molecule is O=C(Nc1cccc(SCC(=O)N2c3ccccc3Sc3ccccc32)c1)/C(=C\c1cccs1)NC(=O)c1ccccc1. The number of hydrogen-bond acceptors (Lipinski definition) is 6. The molecule has 0 unspecified atom stereocenters. The van der Waals surface area contributed by atoms with Crippen LogP contribution in [-0.2, 0) is 9.59 Å². The number of thiophene rings is 1. The summed E-state index contributed by atoms with van der Waals surface area (Å²) in [7, 11) is 0. The number of hydrogen-bond donors (Lipinski definition) is 2. The van der Waals surface area contributed by atoms with Gasteiger partial charge in [0.15, 0.2) is 0 Å². The third-order valence-corrected chi connectivity index (χ3v) is 9.42. The van der Waals surface area contributed by atoms with Gasteiger partial charge in [-0.1, -0.05) is 66.4 Å². The summed E-state index contributed by atoms with van der Waals surface area (Å²) in [5, 5.41) is 7.56. The van der Waals surface area contributed by atoms with Crippen LogP contribution in [0.25, 0.3) is 6.08 Å². The molecule has 5 aromatic rings. The van der Waals surface area contributed by atoms with Crippen molar-refractivity contribution in [3.05, 3.63) is 137 Å². The molecule has 0 radical (unpaired) electrons. The number of thioether (sulfide) groups is 1. The fraction of sp³-hybridized carbons (Fsp3) is 0.0294. The summed E-state index contributed by atoms with van der Waals surface area (Å²) in [5.41, 5.74) is 2.89. The zero-order valence-electron chi connectivity index (χ0n) is 22.7. The van der Waals surface area contributed by atoms with Crippen molar-refractivity contribution in [1.29, 1.82) is 0 Å². The van der Waals surface area contributed by atoms with E-state index in [1.54, 1.807) is 53.1 Å². The quantitative estimate of drug-likeness (QED) is 0.136. The lowest BCUT2D eigenvalue weighted by atomic mass is 10.2. The van der Waals surface area contributed by atoms with Gasteiger partial charge in [0.25, 0.3) is 11.8 Å². The Bertz CT molecular complexity index is 1780. The van der Waals surface area contributed by atoms with Gasteiger partial charge in [0.2, 0.25) is 5.91 Å². The molecule has 43 heavy (non-hydrogen) atoms. The predicted octanol–water partition coefficient (Wildman–Crippen LogP) is 8.08. The molecular weight excluding hydrogens is 595 g/mol. The minimum atomic E-state index is -0.449. The highest BCUT2D eigenvalue weighted by Crippen LogP contribution is 2.48. The van der Waals surface area contributed by atoms with Crippen molar-refractivity contribution in [2.45, 2.75) is 14.7 Å². The molecule has 0 aliphatic carbocycles. The summed E-state index contributed by atoms with van der Waals surface area (Å²) < 4.78 is 0. The van der Waals surface area contributed by atoms with Crippen LogP contribution in [0.1, 0.15) is 15.2 Å². The number of nitrogens with zero attached hydrogens (tertiary/aromatic N) is 1. The van der Waals surface area contributed by atoms with Crippen LogP contribution in [-0.4, -0.2) is 23.5 Å². The zero-order valence-corrected chi connectivity index (χ0v) is 25.2. The second-order valence-electron chi connectivity index (χ2n) is 9.43.